The van der Waals surface area contributed by atoms with E-state index in [9.17, 15) is 18.9 Å². The topological polar surface area (TPSA) is 126 Å². The molecule has 4 atom stereocenters. The number of phosphoric acid groups is 2. The SMILES string of the molecule is O=P1(O)OP(=O)(O)O[PH]2(N[C@H]3CCCC[C@H]3N2)O1. The summed E-state index contributed by atoms with van der Waals surface area (Å²) in [6.45, 7) is 0. The standard InChI is InChI=1S/C6H15N2O7P3/c9-17(10)13-16(14-18(11,12)15-17)7-5-3-1-2-4-6(5)8-16/h5-8,16H,1-4H2,(H,9,10)(H,11,12)/t5-,6+. The maximum atomic E-state index is 11.5. The van der Waals surface area contributed by atoms with E-state index < -0.39 is 23.7 Å². The Morgan fingerprint density at radius 3 is 1.89 bits per heavy atom. The Morgan fingerprint density at radius 1 is 1.00 bits per heavy atom. The van der Waals surface area contributed by atoms with Gasteiger partial charge in [-0.1, -0.05) is 0 Å². The van der Waals surface area contributed by atoms with Gasteiger partial charge >= 0.3 is 103 Å². The van der Waals surface area contributed by atoms with E-state index in [0.29, 0.717) is 0 Å². The van der Waals surface area contributed by atoms with Gasteiger partial charge in [0.15, 0.2) is 0 Å². The molecule has 0 amide bonds. The van der Waals surface area contributed by atoms with E-state index in [-0.39, 0.29) is 12.1 Å². The second kappa shape index (κ2) is 4.30. The Balaban J connectivity index is 1.87. The van der Waals surface area contributed by atoms with Gasteiger partial charge in [-0.2, -0.15) is 0 Å². The van der Waals surface area contributed by atoms with Crippen LogP contribution in [0.5, 0.6) is 0 Å². The van der Waals surface area contributed by atoms with Gasteiger partial charge in [0.05, 0.1) is 0 Å². The molecule has 18 heavy (non-hydrogen) atoms. The van der Waals surface area contributed by atoms with Crippen molar-refractivity contribution in [3.8, 4) is 0 Å². The molecule has 1 aliphatic carbocycles. The Hall–Kier alpha value is 0.610. The van der Waals surface area contributed by atoms with Crippen molar-refractivity contribution in [3.05, 3.63) is 0 Å². The van der Waals surface area contributed by atoms with Crippen LogP contribution in [0.1, 0.15) is 25.7 Å². The molecule has 2 heterocycles. The third-order valence-electron chi connectivity index (χ3n) is 3.21. The molecule has 4 N–H and O–H groups in total. The molecular formula is C6H15N2O7P3. The van der Waals surface area contributed by atoms with Gasteiger partial charge in [0, 0.05) is 0 Å². The molecule has 3 rings (SSSR count). The molecule has 0 bridgehead atoms. The molecule has 0 aromatic rings. The molecule has 9 nitrogen and oxygen atoms in total. The first-order chi connectivity index (χ1) is 8.29. The van der Waals surface area contributed by atoms with Crippen molar-refractivity contribution >= 4 is 23.7 Å². The summed E-state index contributed by atoms with van der Waals surface area (Å²) in [5, 5.41) is 5.92. The van der Waals surface area contributed by atoms with E-state index in [1.54, 1.807) is 0 Å². The Morgan fingerprint density at radius 2 is 1.44 bits per heavy atom. The second-order valence-corrected chi connectivity index (χ2v) is 10.4. The summed E-state index contributed by atoms with van der Waals surface area (Å²) in [5.74, 6) is 0. The van der Waals surface area contributed by atoms with Crippen LogP contribution in [0.2, 0.25) is 0 Å². The van der Waals surface area contributed by atoms with E-state index in [1.807, 2.05) is 0 Å². The minimum absolute atomic E-state index is 0.0310. The van der Waals surface area contributed by atoms with E-state index >= 15 is 0 Å². The Bertz CT molecular complexity index is 418. The van der Waals surface area contributed by atoms with Gasteiger partial charge in [-0.05, 0) is 0 Å². The maximum absolute atomic E-state index is 11.5. The summed E-state index contributed by atoms with van der Waals surface area (Å²) in [4.78, 5) is 18.6. The van der Waals surface area contributed by atoms with Crippen molar-refractivity contribution in [2.24, 2.45) is 0 Å². The number of hydrogen-bond acceptors (Lipinski definition) is 7. The van der Waals surface area contributed by atoms with Crippen molar-refractivity contribution in [2.45, 2.75) is 37.8 Å². The van der Waals surface area contributed by atoms with Crippen LogP contribution in [-0.4, -0.2) is 21.9 Å². The van der Waals surface area contributed by atoms with E-state index in [1.165, 1.54) is 0 Å². The zero-order chi connectivity index (χ0) is 13.0. The van der Waals surface area contributed by atoms with Gasteiger partial charge in [-0.3, -0.25) is 0 Å². The molecule has 3 aliphatic rings. The monoisotopic (exact) mass is 320 g/mol. The fraction of sp³-hybridized carbons (Fsp3) is 1.00. The third-order valence-corrected chi connectivity index (χ3v) is 10.3. The molecule has 1 saturated carbocycles. The predicted molar refractivity (Wildman–Crippen MR) is 63.5 cm³/mol. The van der Waals surface area contributed by atoms with Crippen molar-refractivity contribution in [1.29, 1.82) is 0 Å². The molecule has 2 unspecified atom stereocenters. The Kier molecular flexibility index (Phi) is 3.25. The van der Waals surface area contributed by atoms with Crippen LogP contribution in [0.3, 0.4) is 0 Å². The van der Waals surface area contributed by atoms with Crippen LogP contribution in [-0.2, 0) is 22.1 Å². The summed E-state index contributed by atoms with van der Waals surface area (Å²) in [7, 11) is -12.7. The summed E-state index contributed by atoms with van der Waals surface area (Å²) >= 11 is 0. The zero-order valence-electron chi connectivity index (χ0n) is 9.31. The molecule has 0 aromatic heterocycles. The molecule has 0 radical (unpaired) electrons. The molecule has 1 spiro atoms. The molecule has 2 saturated heterocycles. The molecular weight excluding hydrogens is 305 g/mol. The first-order valence-corrected chi connectivity index (χ1v) is 10.4. The van der Waals surface area contributed by atoms with Gasteiger partial charge in [0.25, 0.3) is 0 Å². The van der Waals surface area contributed by atoms with Crippen molar-refractivity contribution in [1.82, 2.24) is 10.2 Å². The zero-order valence-corrected chi connectivity index (χ0v) is 12.1. The summed E-state index contributed by atoms with van der Waals surface area (Å²) in [6.07, 6.45) is 3.80. The average molecular weight is 320 g/mol. The van der Waals surface area contributed by atoms with Crippen LogP contribution >= 0.6 is 23.7 Å². The molecule has 12 heteroatoms. The van der Waals surface area contributed by atoms with Gasteiger partial charge in [0.2, 0.25) is 0 Å². The first-order valence-electron chi connectivity index (χ1n) is 5.63. The third kappa shape index (κ3) is 2.58. The molecule has 3 fully saturated rings. The molecule has 2 aliphatic heterocycles. The van der Waals surface area contributed by atoms with Crippen molar-refractivity contribution in [3.63, 3.8) is 0 Å². The van der Waals surface area contributed by atoms with E-state index in [4.69, 9.17) is 8.62 Å². The first kappa shape index (κ1) is 13.6. The summed E-state index contributed by atoms with van der Waals surface area (Å²) < 4.78 is 36.8. The predicted octanol–water partition coefficient (Wildman–Crippen LogP) is 1.16. The number of rotatable bonds is 0. The van der Waals surface area contributed by atoms with Crippen LogP contribution in [0, 0.1) is 0 Å². The fourth-order valence-electron chi connectivity index (χ4n) is 2.62. The van der Waals surface area contributed by atoms with Crippen molar-refractivity contribution < 1.29 is 31.8 Å². The number of hydrogen-bond donors (Lipinski definition) is 4. The Labute approximate surface area is 104 Å². The summed E-state index contributed by atoms with van der Waals surface area (Å²) in [5.41, 5.74) is 0. The van der Waals surface area contributed by atoms with Gasteiger partial charge in [-0.15, -0.1) is 0 Å². The number of fused-ring (bicyclic) bond motifs is 1. The minimum atomic E-state index is -4.58. The van der Waals surface area contributed by atoms with Crippen LogP contribution in [0.15, 0.2) is 0 Å². The van der Waals surface area contributed by atoms with Crippen LogP contribution in [0.25, 0.3) is 0 Å². The number of nitrogens with one attached hydrogen (secondary N) is 2. The molecule has 106 valence electrons. The van der Waals surface area contributed by atoms with Crippen LogP contribution < -0.4 is 10.2 Å². The van der Waals surface area contributed by atoms with Crippen LogP contribution in [0.4, 0.5) is 0 Å². The quantitative estimate of drug-likeness (QED) is 0.486. The van der Waals surface area contributed by atoms with Gasteiger partial charge in [0.1, 0.15) is 0 Å². The average Bonchev–Trinajstić information content (AvgIpc) is 2.48. The van der Waals surface area contributed by atoms with E-state index in [2.05, 4.69) is 14.5 Å². The normalized spacial score (nSPS) is 53.0. The van der Waals surface area contributed by atoms with Crippen molar-refractivity contribution in [2.75, 3.05) is 0 Å². The summed E-state index contributed by atoms with van der Waals surface area (Å²) in [6, 6.07) is 0.0621. The van der Waals surface area contributed by atoms with Gasteiger partial charge < -0.3 is 0 Å². The molecule has 0 aromatic carbocycles. The van der Waals surface area contributed by atoms with E-state index in [0.717, 1.165) is 25.7 Å². The fourth-order valence-corrected chi connectivity index (χ4v) is 10.2. The van der Waals surface area contributed by atoms with Gasteiger partial charge in [-0.25, -0.2) is 0 Å². The second-order valence-electron chi connectivity index (χ2n) is 4.60.